The summed E-state index contributed by atoms with van der Waals surface area (Å²) >= 11 is 0. The second-order valence-corrected chi connectivity index (χ2v) is 12.1. The Labute approximate surface area is 247 Å². The molecule has 1 aromatic carbocycles. The molecule has 0 saturated carbocycles. The maximum Gasteiger partial charge on any atom is 0.410 e. The number of aliphatic hydroxyl groups excluding tert-OH is 2. The van der Waals surface area contributed by atoms with Crippen LogP contribution in [-0.2, 0) is 4.74 Å². The second kappa shape index (κ2) is 12.2. The maximum absolute atomic E-state index is 12.4. The molecule has 4 heterocycles. The molecule has 2 fully saturated rings. The van der Waals surface area contributed by atoms with Gasteiger partial charge in [0, 0.05) is 80.7 Å². The fraction of sp³-hybridized carbons (Fsp3) is 0.516. The Hall–Kier alpha value is -3.83. The Morgan fingerprint density at radius 1 is 1.12 bits per heavy atom. The first-order chi connectivity index (χ1) is 20.0. The van der Waals surface area contributed by atoms with Gasteiger partial charge in [0.25, 0.3) is 0 Å². The Balaban J connectivity index is 1.41. The first-order valence-corrected chi connectivity index (χ1v) is 14.6. The van der Waals surface area contributed by atoms with Crippen LogP contribution in [0.15, 0.2) is 36.5 Å². The molecule has 0 radical (unpaired) electrons. The van der Waals surface area contributed by atoms with Gasteiger partial charge in [-0.15, -0.1) is 0 Å². The molecule has 3 aromatic rings. The summed E-state index contributed by atoms with van der Waals surface area (Å²) in [6, 6.07) is 9.96. The molecule has 11 nitrogen and oxygen atoms in total. The van der Waals surface area contributed by atoms with E-state index in [0.717, 1.165) is 53.2 Å². The molecule has 3 N–H and O–H groups in total. The summed E-state index contributed by atoms with van der Waals surface area (Å²) in [4.78, 5) is 28.4. The highest BCUT2D eigenvalue weighted by molar-refractivity contribution is 5.98. The number of methoxy groups -OCH3 is 1. The maximum atomic E-state index is 12.4. The fourth-order valence-electron chi connectivity index (χ4n) is 5.52. The number of hydrogen-bond donors (Lipinski definition) is 3. The second-order valence-electron chi connectivity index (χ2n) is 12.1. The number of nitrogens with zero attached hydrogens (tertiary/aromatic N) is 5. The minimum atomic E-state index is -0.748. The molecule has 0 aliphatic carbocycles. The number of aromatic nitrogens is 2. The van der Waals surface area contributed by atoms with Gasteiger partial charge in [-0.25, -0.2) is 14.8 Å². The summed E-state index contributed by atoms with van der Waals surface area (Å²) in [5.74, 6) is 1.67. The van der Waals surface area contributed by atoms with Crippen LogP contribution >= 0.6 is 0 Å². The van der Waals surface area contributed by atoms with Crippen LogP contribution in [0.25, 0.3) is 22.2 Å². The molecule has 2 aromatic heterocycles. The third-order valence-corrected chi connectivity index (χ3v) is 7.66. The van der Waals surface area contributed by atoms with Gasteiger partial charge in [-0.05, 0) is 58.4 Å². The Bertz CT molecular complexity index is 1400. The van der Waals surface area contributed by atoms with E-state index in [-0.39, 0.29) is 18.6 Å². The van der Waals surface area contributed by atoms with Gasteiger partial charge < -0.3 is 39.7 Å². The topological polar surface area (TPSA) is 124 Å². The van der Waals surface area contributed by atoms with Crippen molar-refractivity contribution >= 4 is 34.2 Å². The molecule has 11 heteroatoms. The van der Waals surface area contributed by atoms with E-state index in [1.54, 1.807) is 18.9 Å². The lowest BCUT2D eigenvalue weighted by molar-refractivity contribution is 0.0240. The zero-order valence-corrected chi connectivity index (χ0v) is 25.1. The highest BCUT2D eigenvalue weighted by Gasteiger charge is 2.27. The van der Waals surface area contributed by atoms with Gasteiger partial charge in [0.1, 0.15) is 23.4 Å². The number of carbonyl (C=O) groups is 1. The van der Waals surface area contributed by atoms with Crippen molar-refractivity contribution in [3.8, 4) is 17.0 Å². The highest BCUT2D eigenvalue weighted by Crippen LogP contribution is 2.39. The number of hydrogen-bond acceptors (Lipinski definition) is 10. The number of anilines is 3. The highest BCUT2D eigenvalue weighted by atomic mass is 16.6. The Morgan fingerprint density at radius 2 is 1.88 bits per heavy atom. The number of aliphatic hydroxyl groups is 2. The van der Waals surface area contributed by atoms with Crippen molar-refractivity contribution in [3.05, 3.63) is 36.5 Å². The number of benzene rings is 1. The molecule has 42 heavy (non-hydrogen) atoms. The van der Waals surface area contributed by atoms with Crippen LogP contribution < -0.4 is 19.9 Å². The van der Waals surface area contributed by atoms with E-state index in [1.165, 1.54) is 0 Å². The third-order valence-electron chi connectivity index (χ3n) is 7.66. The SMILES string of the molecule is COc1cc2nc(-c3ccc(N4CCN(C(=O)OC(C)(C)C)CC4)nc3)cc(N3CCC(CO)C3)c2cc1NC(C)O. The molecule has 1 amide bonds. The van der Waals surface area contributed by atoms with E-state index < -0.39 is 11.8 Å². The summed E-state index contributed by atoms with van der Waals surface area (Å²) in [5.41, 5.74) is 3.63. The lowest BCUT2D eigenvalue weighted by Gasteiger charge is -2.36. The molecule has 5 rings (SSSR count). The van der Waals surface area contributed by atoms with Crippen LogP contribution in [0, 0.1) is 5.92 Å². The van der Waals surface area contributed by atoms with Gasteiger partial charge in [-0.2, -0.15) is 0 Å². The van der Waals surface area contributed by atoms with Gasteiger partial charge in [-0.1, -0.05) is 0 Å². The predicted octanol–water partition coefficient (Wildman–Crippen LogP) is 3.93. The number of piperazine rings is 1. The minimum Gasteiger partial charge on any atom is -0.495 e. The van der Waals surface area contributed by atoms with Crippen molar-refractivity contribution in [2.45, 2.75) is 45.9 Å². The molecule has 2 aliphatic rings. The summed E-state index contributed by atoms with van der Waals surface area (Å²) in [6.07, 6.45) is 1.73. The van der Waals surface area contributed by atoms with Crippen molar-refractivity contribution in [2.24, 2.45) is 5.92 Å². The molecule has 2 unspecified atom stereocenters. The van der Waals surface area contributed by atoms with Crippen molar-refractivity contribution in [1.82, 2.24) is 14.9 Å². The van der Waals surface area contributed by atoms with E-state index in [2.05, 4.69) is 21.2 Å². The van der Waals surface area contributed by atoms with Crippen molar-refractivity contribution in [1.29, 1.82) is 0 Å². The number of amides is 1. The van der Waals surface area contributed by atoms with E-state index in [1.807, 2.05) is 51.2 Å². The normalized spacial score (nSPS) is 18.4. The number of nitrogens with one attached hydrogen (secondary N) is 1. The Kier molecular flexibility index (Phi) is 8.60. The quantitative estimate of drug-likeness (QED) is 0.355. The lowest BCUT2D eigenvalue weighted by Crippen LogP contribution is -2.50. The molecular formula is C31H42N6O5. The van der Waals surface area contributed by atoms with Crippen LogP contribution in [-0.4, -0.2) is 96.0 Å². The zero-order chi connectivity index (χ0) is 30.0. The van der Waals surface area contributed by atoms with Gasteiger partial charge >= 0.3 is 6.09 Å². The summed E-state index contributed by atoms with van der Waals surface area (Å²) in [6.45, 7) is 11.5. The molecule has 0 bridgehead atoms. The van der Waals surface area contributed by atoms with Gasteiger partial charge in [0.2, 0.25) is 0 Å². The number of ether oxygens (including phenoxy) is 2. The van der Waals surface area contributed by atoms with Crippen molar-refractivity contribution in [2.75, 3.05) is 68.1 Å². The molecule has 2 saturated heterocycles. The summed E-state index contributed by atoms with van der Waals surface area (Å²) < 4.78 is 11.1. The van der Waals surface area contributed by atoms with E-state index >= 15 is 0 Å². The number of rotatable bonds is 7. The number of fused-ring (bicyclic) bond motifs is 1. The van der Waals surface area contributed by atoms with Crippen LogP contribution in [0.2, 0.25) is 0 Å². The van der Waals surface area contributed by atoms with Gasteiger partial charge in [0.15, 0.2) is 0 Å². The number of carbonyl (C=O) groups excluding carboxylic acids is 1. The van der Waals surface area contributed by atoms with Gasteiger partial charge in [0.05, 0.1) is 24.0 Å². The van der Waals surface area contributed by atoms with Crippen LogP contribution in [0.4, 0.5) is 22.0 Å². The predicted molar refractivity (Wildman–Crippen MR) is 164 cm³/mol. The molecule has 0 spiro atoms. The van der Waals surface area contributed by atoms with Crippen molar-refractivity contribution in [3.63, 3.8) is 0 Å². The largest absolute Gasteiger partial charge is 0.495 e. The van der Waals surface area contributed by atoms with Crippen molar-refractivity contribution < 1.29 is 24.5 Å². The number of pyridine rings is 2. The minimum absolute atomic E-state index is 0.159. The van der Waals surface area contributed by atoms with Gasteiger partial charge in [-0.3, -0.25) is 0 Å². The summed E-state index contributed by atoms with van der Waals surface area (Å²) in [5, 5.41) is 23.8. The van der Waals surface area contributed by atoms with E-state index in [4.69, 9.17) is 19.4 Å². The monoisotopic (exact) mass is 578 g/mol. The van der Waals surface area contributed by atoms with Crippen LogP contribution in [0.1, 0.15) is 34.1 Å². The smallest absolute Gasteiger partial charge is 0.410 e. The molecule has 226 valence electrons. The third kappa shape index (κ3) is 6.63. The van der Waals surface area contributed by atoms with E-state index in [0.29, 0.717) is 37.6 Å². The fourth-order valence-corrected chi connectivity index (χ4v) is 5.52. The summed E-state index contributed by atoms with van der Waals surface area (Å²) in [7, 11) is 1.60. The zero-order valence-electron chi connectivity index (χ0n) is 25.1. The standard InChI is InChI=1S/C31H42N6O5/c1-20(39)33-26-14-23-25(16-28(26)41-5)34-24(15-27(23)37-9-8-21(18-37)19-38)22-6-7-29(32-17-22)35-10-12-36(13-11-35)30(40)42-31(2,3)4/h6-7,14-17,20-21,33,38-39H,8-13,18-19H2,1-5H3. The lowest BCUT2D eigenvalue weighted by atomic mass is 10.1. The van der Waals surface area contributed by atoms with Crippen LogP contribution in [0.3, 0.4) is 0 Å². The molecule has 2 aliphatic heterocycles. The first-order valence-electron chi connectivity index (χ1n) is 14.6. The molecule has 2 atom stereocenters. The first kappa shape index (κ1) is 29.7. The Morgan fingerprint density at radius 3 is 2.48 bits per heavy atom. The average molecular weight is 579 g/mol. The van der Waals surface area contributed by atoms with Crippen LogP contribution in [0.5, 0.6) is 5.75 Å². The molecular weight excluding hydrogens is 536 g/mol. The van der Waals surface area contributed by atoms with E-state index in [9.17, 15) is 15.0 Å². The average Bonchev–Trinajstić information content (AvgIpc) is 3.45.